The molecule has 4 heteroatoms. The van der Waals surface area contributed by atoms with E-state index in [9.17, 15) is 0 Å². The number of hydrogen-bond acceptors (Lipinski definition) is 4. The largest absolute Gasteiger partial charge is 0.363 e. The third-order valence-corrected chi connectivity index (χ3v) is 9.93. The van der Waals surface area contributed by atoms with E-state index in [2.05, 4.69) is 136 Å². The van der Waals surface area contributed by atoms with Gasteiger partial charge in [0.25, 0.3) is 0 Å². The zero-order chi connectivity index (χ0) is 38.2. The topological polar surface area (TPSA) is 68.2 Å². The summed E-state index contributed by atoms with van der Waals surface area (Å²) < 4.78 is 0. The molecule has 1 aliphatic heterocycles. The molecule has 0 spiro atoms. The van der Waals surface area contributed by atoms with E-state index >= 15 is 0 Å². The molecule has 1 aromatic carbocycles. The number of aromatic nitrogens is 1. The van der Waals surface area contributed by atoms with Gasteiger partial charge in [0.2, 0.25) is 0 Å². The molecule has 4 nitrogen and oxygen atoms in total. The molecule has 0 radical (unpaired) electrons. The van der Waals surface area contributed by atoms with Gasteiger partial charge in [-0.3, -0.25) is 4.98 Å². The van der Waals surface area contributed by atoms with Gasteiger partial charge in [-0.05, 0) is 125 Å². The summed E-state index contributed by atoms with van der Waals surface area (Å²) in [7, 11) is 0. The lowest BCUT2D eigenvalue weighted by Crippen LogP contribution is -2.31. The summed E-state index contributed by atoms with van der Waals surface area (Å²) >= 11 is 0. The van der Waals surface area contributed by atoms with E-state index in [0.717, 1.165) is 59.1 Å². The highest BCUT2D eigenvalue weighted by Gasteiger charge is 2.24. The van der Waals surface area contributed by atoms with Gasteiger partial charge < -0.3 is 16.4 Å². The lowest BCUT2D eigenvalue weighted by Gasteiger charge is -2.33. The van der Waals surface area contributed by atoms with Gasteiger partial charge >= 0.3 is 0 Å². The van der Waals surface area contributed by atoms with Crippen LogP contribution in [0, 0.1) is 0 Å². The summed E-state index contributed by atoms with van der Waals surface area (Å²) in [5.41, 5.74) is 29.0. The van der Waals surface area contributed by atoms with Crippen LogP contribution in [0.4, 0.5) is 5.69 Å². The molecule has 0 saturated heterocycles. The molecule has 0 bridgehead atoms. The summed E-state index contributed by atoms with van der Waals surface area (Å²) in [5.74, 6) is 0. The third-order valence-electron chi connectivity index (χ3n) is 9.93. The van der Waals surface area contributed by atoms with Crippen molar-refractivity contribution < 1.29 is 0 Å². The van der Waals surface area contributed by atoms with E-state index in [1.165, 1.54) is 44.7 Å². The molecule has 1 aromatic heterocycles. The molecule has 0 fully saturated rings. The molecule has 0 amide bonds. The van der Waals surface area contributed by atoms with Crippen molar-refractivity contribution in [2.24, 2.45) is 11.5 Å². The second-order valence-corrected chi connectivity index (χ2v) is 13.3. The fraction of sp³-hybridized carbons (Fsp3) is 0.245. The maximum atomic E-state index is 6.59. The van der Waals surface area contributed by atoms with E-state index < -0.39 is 0 Å². The average Bonchev–Trinajstić information content (AvgIpc) is 3.20. The van der Waals surface area contributed by atoms with E-state index in [1.54, 1.807) is 6.20 Å². The Bertz CT molecular complexity index is 1960. The van der Waals surface area contributed by atoms with E-state index in [4.69, 9.17) is 11.5 Å². The van der Waals surface area contributed by atoms with Crippen LogP contribution in [0.5, 0.6) is 0 Å². The van der Waals surface area contributed by atoms with Crippen LogP contribution in [-0.2, 0) is 6.42 Å². The van der Waals surface area contributed by atoms with E-state index in [0.29, 0.717) is 26.2 Å². The van der Waals surface area contributed by atoms with Crippen LogP contribution in [-0.4, -0.2) is 31.2 Å². The zero-order valence-electron chi connectivity index (χ0n) is 32.4. The monoisotopic (exact) mass is 702 g/mol. The minimum absolute atomic E-state index is 0.398. The summed E-state index contributed by atoms with van der Waals surface area (Å²) in [4.78, 5) is 6.81. The van der Waals surface area contributed by atoms with Gasteiger partial charge in [-0.2, -0.15) is 0 Å². The zero-order valence-corrected chi connectivity index (χ0v) is 32.4. The fourth-order valence-electron chi connectivity index (χ4n) is 7.03. The molecule has 0 saturated carbocycles. The van der Waals surface area contributed by atoms with Gasteiger partial charge in [0.05, 0.1) is 0 Å². The first-order valence-electron chi connectivity index (χ1n) is 18.8. The van der Waals surface area contributed by atoms with Crippen molar-refractivity contribution in [1.29, 1.82) is 0 Å². The predicted molar refractivity (Wildman–Crippen MR) is 232 cm³/mol. The Morgan fingerprint density at radius 3 is 2.47 bits per heavy atom. The van der Waals surface area contributed by atoms with Crippen molar-refractivity contribution in [3.63, 3.8) is 0 Å². The van der Waals surface area contributed by atoms with Gasteiger partial charge in [0.1, 0.15) is 0 Å². The standard InChI is InChI=1S/C49H58N4/c1-8-17-46-37(7)36(6)26-27-44(43(32-51)24-13-19-38-20-16-30-52-33-38)34-53(49-25-15-21-40(11-4)47(49)18-9-2)35-48(45(46)12-5)42-23-14-22-41(31-42)39(10-3)28-29-50/h8,10-13,15-17,19-22,24-28,30-31,33H,3-5,9,14,18,23,29,32,34-35,50-51H2,1-2,6-7H3/b17-8-,19-13+,36-26+,39-28+,43-24+,44-27+,46-37+,48-45+. The Morgan fingerprint density at radius 2 is 1.81 bits per heavy atom. The molecule has 1 aliphatic carbocycles. The molecular formula is C49H58N4. The number of rotatable bonds is 14. The molecule has 4 N–H and O–H groups in total. The van der Waals surface area contributed by atoms with Gasteiger partial charge in [-0.15, -0.1) is 0 Å². The summed E-state index contributed by atoms with van der Waals surface area (Å²) in [6, 6.07) is 10.6. The van der Waals surface area contributed by atoms with Crippen molar-refractivity contribution >= 4 is 17.8 Å². The molecule has 0 unspecified atom stereocenters. The van der Waals surface area contributed by atoms with Crippen molar-refractivity contribution in [3.8, 4) is 0 Å². The second kappa shape index (κ2) is 20.7. The Hall–Kier alpha value is -5.29. The van der Waals surface area contributed by atoms with Crippen LogP contribution < -0.4 is 16.4 Å². The van der Waals surface area contributed by atoms with Gasteiger partial charge in [0, 0.05) is 44.3 Å². The molecule has 53 heavy (non-hydrogen) atoms. The molecule has 2 aromatic rings. The van der Waals surface area contributed by atoms with Gasteiger partial charge in [-0.1, -0.05) is 130 Å². The highest BCUT2D eigenvalue weighted by Crippen LogP contribution is 2.37. The highest BCUT2D eigenvalue weighted by atomic mass is 15.1. The quantitative estimate of drug-likeness (QED) is 0.192. The maximum Gasteiger partial charge on any atom is 0.0442 e. The first-order chi connectivity index (χ1) is 25.8. The number of anilines is 1. The molecule has 2 heterocycles. The van der Waals surface area contributed by atoms with Crippen molar-refractivity contribution in [2.45, 2.75) is 53.4 Å². The first kappa shape index (κ1) is 40.5. The summed E-state index contributed by atoms with van der Waals surface area (Å²) in [6.45, 7) is 23.7. The van der Waals surface area contributed by atoms with Crippen molar-refractivity contribution in [1.82, 2.24) is 4.98 Å². The van der Waals surface area contributed by atoms with E-state index in [-0.39, 0.29) is 0 Å². The number of pyridine rings is 1. The number of benzene rings is 1. The van der Waals surface area contributed by atoms with Crippen LogP contribution >= 0.6 is 0 Å². The number of hydrogen-bond donors (Lipinski definition) is 2. The van der Waals surface area contributed by atoms with Gasteiger partial charge in [0.15, 0.2) is 0 Å². The fourth-order valence-corrected chi connectivity index (χ4v) is 7.03. The molecule has 2 aliphatic rings. The summed E-state index contributed by atoms with van der Waals surface area (Å²) in [6.07, 6.45) is 35.3. The minimum atomic E-state index is 0.398. The Balaban J connectivity index is 2.07. The minimum Gasteiger partial charge on any atom is -0.363 e. The number of allylic oxidation sites excluding steroid dienone is 16. The smallest absolute Gasteiger partial charge is 0.0442 e. The van der Waals surface area contributed by atoms with Crippen LogP contribution in [0.15, 0.2) is 185 Å². The van der Waals surface area contributed by atoms with Crippen LogP contribution in [0.3, 0.4) is 0 Å². The third kappa shape index (κ3) is 10.4. The lowest BCUT2D eigenvalue weighted by molar-refractivity contribution is 0.842. The van der Waals surface area contributed by atoms with Crippen molar-refractivity contribution in [2.75, 3.05) is 31.1 Å². The SMILES string of the molecule is C=C\C1=C(/C2=CC(/C(C=C)=C/CN)=CCC2)CN(c2cccc(C=C)c2CCC)CC(\C(=C\C=C\c2cccnc2)CN)=C/C=C(C)/C(C)=C1\C=C/C. The van der Waals surface area contributed by atoms with E-state index in [1.807, 2.05) is 36.6 Å². The Labute approximate surface area is 319 Å². The lowest BCUT2D eigenvalue weighted by atomic mass is 9.84. The average molecular weight is 703 g/mol. The van der Waals surface area contributed by atoms with Crippen LogP contribution in [0.1, 0.15) is 63.6 Å². The second-order valence-electron chi connectivity index (χ2n) is 13.3. The molecular weight excluding hydrogens is 645 g/mol. The summed E-state index contributed by atoms with van der Waals surface area (Å²) in [5, 5.41) is 0. The van der Waals surface area contributed by atoms with Crippen molar-refractivity contribution in [3.05, 3.63) is 202 Å². The Kier molecular flexibility index (Phi) is 15.8. The molecule has 0 atom stereocenters. The maximum absolute atomic E-state index is 6.59. The van der Waals surface area contributed by atoms with Crippen LogP contribution in [0.2, 0.25) is 0 Å². The number of nitrogens with two attached hydrogens (primary N) is 2. The molecule has 4 rings (SSSR count). The molecule has 274 valence electrons. The highest BCUT2D eigenvalue weighted by molar-refractivity contribution is 5.69. The van der Waals surface area contributed by atoms with Crippen LogP contribution in [0.25, 0.3) is 12.2 Å². The Morgan fingerprint density at radius 1 is 0.981 bits per heavy atom. The first-order valence-corrected chi connectivity index (χ1v) is 18.8. The normalized spacial score (nSPS) is 21.4. The number of nitrogens with zero attached hydrogens (tertiary/aromatic N) is 2. The van der Waals surface area contributed by atoms with Gasteiger partial charge in [-0.25, -0.2) is 0 Å². The predicted octanol–water partition coefficient (Wildman–Crippen LogP) is 11.1.